The molecule has 2 saturated heterocycles. The van der Waals surface area contributed by atoms with Gasteiger partial charge in [-0.15, -0.1) is 0 Å². The number of rotatable bonds is 2. The highest BCUT2D eigenvalue weighted by atomic mass is 15.2. The first-order valence-corrected chi connectivity index (χ1v) is 7.61. The monoisotopic (exact) mass is 236 g/mol. The van der Waals surface area contributed by atoms with Gasteiger partial charge in [0.15, 0.2) is 0 Å². The van der Waals surface area contributed by atoms with Gasteiger partial charge in [-0.05, 0) is 50.0 Å². The lowest BCUT2D eigenvalue weighted by atomic mass is 9.90. The fourth-order valence-electron chi connectivity index (χ4n) is 4.74. The van der Waals surface area contributed by atoms with Crippen LogP contribution in [0.4, 0.5) is 0 Å². The number of hydrogen-bond donors (Lipinski definition) is 0. The van der Waals surface area contributed by atoms with E-state index in [0.717, 1.165) is 23.7 Å². The van der Waals surface area contributed by atoms with E-state index in [-0.39, 0.29) is 0 Å². The smallest absolute Gasteiger partial charge is 0.00222 e. The Hall–Kier alpha value is -0.0800. The van der Waals surface area contributed by atoms with Crippen molar-refractivity contribution in [3.63, 3.8) is 0 Å². The minimum Gasteiger partial charge on any atom is -0.306 e. The summed E-state index contributed by atoms with van der Waals surface area (Å²) in [6, 6.07) is 0. The Morgan fingerprint density at radius 1 is 1.00 bits per heavy atom. The molecule has 17 heavy (non-hydrogen) atoms. The zero-order valence-corrected chi connectivity index (χ0v) is 11.6. The van der Waals surface area contributed by atoms with E-state index in [1.54, 1.807) is 0 Å². The van der Waals surface area contributed by atoms with Gasteiger partial charge in [0.25, 0.3) is 0 Å². The molecule has 0 N–H and O–H groups in total. The number of piperidine rings is 1. The maximum Gasteiger partial charge on any atom is 0.00222 e. The SMILES string of the molecule is CC1CC(CN2CC3CCCC3C2)CN(C)C1. The van der Waals surface area contributed by atoms with Gasteiger partial charge < -0.3 is 9.80 Å². The molecule has 0 aromatic carbocycles. The highest BCUT2D eigenvalue weighted by molar-refractivity contribution is 4.90. The quantitative estimate of drug-likeness (QED) is 0.726. The Morgan fingerprint density at radius 3 is 2.35 bits per heavy atom. The van der Waals surface area contributed by atoms with Gasteiger partial charge in [0.2, 0.25) is 0 Å². The molecule has 4 atom stereocenters. The molecule has 2 aliphatic heterocycles. The summed E-state index contributed by atoms with van der Waals surface area (Å²) in [4.78, 5) is 5.32. The fourth-order valence-corrected chi connectivity index (χ4v) is 4.74. The molecule has 0 aromatic heterocycles. The predicted octanol–water partition coefficient (Wildman–Crippen LogP) is 2.31. The first kappa shape index (κ1) is 12.0. The average Bonchev–Trinajstić information content (AvgIpc) is 2.75. The summed E-state index contributed by atoms with van der Waals surface area (Å²) in [5.41, 5.74) is 0. The second kappa shape index (κ2) is 4.89. The summed E-state index contributed by atoms with van der Waals surface area (Å²) < 4.78 is 0. The van der Waals surface area contributed by atoms with Gasteiger partial charge in [-0.25, -0.2) is 0 Å². The molecular formula is C15H28N2. The minimum absolute atomic E-state index is 0.904. The molecule has 0 bridgehead atoms. The highest BCUT2D eigenvalue weighted by Gasteiger charge is 2.37. The Kier molecular flexibility index (Phi) is 3.45. The summed E-state index contributed by atoms with van der Waals surface area (Å²) in [6.07, 6.45) is 5.99. The van der Waals surface area contributed by atoms with Crippen molar-refractivity contribution in [2.45, 2.75) is 32.6 Å². The van der Waals surface area contributed by atoms with Crippen LogP contribution in [0.1, 0.15) is 32.6 Å². The number of hydrogen-bond acceptors (Lipinski definition) is 2. The van der Waals surface area contributed by atoms with Crippen LogP contribution in [0.3, 0.4) is 0 Å². The molecule has 2 heteroatoms. The molecule has 0 radical (unpaired) electrons. The maximum atomic E-state index is 2.78. The molecule has 1 aliphatic carbocycles. The number of likely N-dealkylation sites (tertiary alicyclic amines) is 2. The summed E-state index contributed by atoms with van der Waals surface area (Å²) >= 11 is 0. The fraction of sp³-hybridized carbons (Fsp3) is 1.00. The van der Waals surface area contributed by atoms with Crippen LogP contribution in [0.15, 0.2) is 0 Å². The molecule has 2 heterocycles. The Balaban J connectivity index is 1.50. The molecule has 0 spiro atoms. The summed E-state index contributed by atoms with van der Waals surface area (Å²) in [7, 11) is 2.29. The standard InChI is InChI=1S/C15H28N2/c1-12-6-13(8-16(2)7-12)9-17-10-14-4-3-5-15(14)11-17/h12-15H,3-11H2,1-2H3. The summed E-state index contributed by atoms with van der Waals surface area (Å²) in [5, 5.41) is 0. The second-order valence-corrected chi connectivity index (χ2v) is 7.10. The van der Waals surface area contributed by atoms with Crippen LogP contribution in [0.25, 0.3) is 0 Å². The molecule has 3 aliphatic rings. The summed E-state index contributed by atoms with van der Waals surface area (Å²) in [6.45, 7) is 9.26. The van der Waals surface area contributed by atoms with E-state index in [1.165, 1.54) is 58.4 Å². The van der Waals surface area contributed by atoms with Crippen molar-refractivity contribution in [3.05, 3.63) is 0 Å². The van der Waals surface area contributed by atoms with Crippen molar-refractivity contribution in [2.24, 2.45) is 23.7 Å². The van der Waals surface area contributed by atoms with E-state index in [4.69, 9.17) is 0 Å². The van der Waals surface area contributed by atoms with Gasteiger partial charge in [0, 0.05) is 32.7 Å². The molecule has 2 nitrogen and oxygen atoms in total. The van der Waals surface area contributed by atoms with Crippen LogP contribution < -0.4 is 0 Å². The van der Waals surface area contributed by atoms with Gasteiger partial charge in [-0.2, -0.15) is 0 Å². The Labute approximate surface area is 106 Å². The molecule has 3 fully saturated rings. The lowest BCUT2D eigenvalue weighted by molar-refractivity contribution is 0.127. The van der Waals surface area contributed by atoms with E-state index in [0.29, 0.717) is 0 Å². The number of nitrogens with zero attached hydrogens (tertiary/aromatic N) is 2. The Bertz CT molecular complexity index is 244. The normalized spacial score (nSPS) is 44.1. The van der Waals surface area contributed by atoms with E-state index in [9.17, 15) is 0 Å². The lowest BCUT2D eigenvalue weighted by Gasteiger charge is -2.36. The largest absolute Gasteiger partial charge is 0.306 e. The second-order valence-electron chi connectivity index (χ2n) is 7.10. The van der Waals surface area contributed by atoms with Crippen LogP contribution in [0.2, 0.25) is 0 Å². The van der Waals surface area contributed by atoms with E-state index in [1.807, 2.05) is 0 Å². The van der Waals surface area contributed by atoms with Crippen molar-refractivity contribution in [1.29, 1.82) is 0 Å². The van der Waals surface area contributed by atoms with Crippen LogP contribution >= 0.6 is 0 Å². The molecule has 4 unspecified atom stereocenters. The van der Waals surface area contributed by atoms with Crippen molar-refractivity contribution in [2.75, 3.05) is 39.8 Å². The minimum atomic E-state index is 0.904. The molecular weight excluding hydrogens is 208 g/mol. The number of fused-ring (bicyclic) bond motifs is 1. The van der Waals surface area contributed by atoms with Crippen LogP contribution in [0, 0.1) is 23.7 Å². The predicted molar refractivity (Wildman–Crippen MR) is 72.0 cm³/mol. The van der Waals surface area contributed by atoms with E-state index >= 15 is 0 Å². The van der Waals surface area contributed by atoms with Crippen molar-refractivity contribution in [3.8, 4) is 0 Å². The van der Waals surface area contributed by atoms with E-state index < -0.39 is 0 Å². The van der Waals surface area contributed by atoms with Gasteiger partial charge in [0.1, 0.15) is 0 Å². The van der Waals surface area contributed by atoms with Gasteiger partial charge in [-0.3, -0.25) is 0 Å². The first-order valence-electron chi connectivity index (χ1n) is 7.61. The summed E-state index contributed by atoms with van der Waals surface area (Å²) in [5.74, 6) is 3.96. The van der Waals surface area contributed by atoms with Crippen molar-refractivity contribution >= 4 is 0 Å². The first-order chi connectivity index (χ1) is 8.20. The molecule has 98 valence electrons. The topological polar surface area (TPSA) is 6.48 Å². The Morgan fingerprint density at radius 2 is 1.71 bits per heavy atom. The molecule has 3 rings (SSSR count). The van der Waals surface area contributed by atoms with Crippen LogP contribution in [0.5, 0.6) is 0 Å². The maximum absolute atomic E-state index is 2.78. The van der Waals surface area contributed by atoms with Crippen LogP contribution in [-0.2, 0) is 0 Å². The highest BCUT2D eigenvalue weighted by Crippen LogP contribution is 2.38. The van der Waals surface area contributed by atoms with Crippen LogP contribution in [-0.4, -0.2) is 49.6 Å². The zero-order valence-electron chi connectivity index (χ0n) is 11.6. The third kappa shape index (κ3) is 2.68. The molecule has 0 amide bonds. The van der Waals surface area contributed by atoms with Crippen molar-refractivity contribution < 1.29 is 0 Å². The lowest BCUT2D eigenvalue weighted by Crippen LogP contribution is -2.41. The van der Waals surface area contributed by atoms with Crippen molar-refractivity contribution in [1.82, 2.24) is 9.80 Å². The third-order valence-electron chi connectivity index (χ3n) is 5.25. The van der Waals surface area contributed by atoms with Gasteiger partial charge in [0.05, 0.1) is 0 Å². The van der Waals surface area contributed by atoms with Gasteiger partial charge >= 0.3 is 0 Å². The molecule has 0 aromatic rings. The zero-order chi connectivity index (χ0) is 11.8. The van der Waals surface area contributed by atoms with Gasteiger partial charge in [-0.1, -0.05) is 13.3 Å². The average molecular weight is 236 g/mol. The third-order valence-corrected chi connectivity index (χ3v) is 5.25. The van der Waals surface area contributed by atoms with E-state index in [2.05, 4.69) is 23.8 Å². The molecule has 1 saturated carbocycles.